The Hall–Kier alpha value is -1.91. The predicted octanol–water partition coefficient (Wildman–Crippen LogP) is 7.37. The molecule has 0 aliphatic rings. The fourth-order valence-electron chi connectivity index (χ4n) is 3.20. The Morgan fingerprint density at radius 2 is 1.94 bits per heavy atom. The van der Waals surface area contributed by atoms with E-state index in [4.69, 9.17) is 23.2 Å². The minimum Gasteiger partial charge on any atom is -0.301 e. The van der Waals surface area contributed by atoms with E-state index in [1.807, 2.05) is 11.4 Å². The van der Waals surface area contributed by atoms with Crippen molar-refractivity contribution in [3.63, 3.8) is 0 Å². The molecule has 0 bridgehead atoms. The number of carbonyl (C=O) groups is 1. The van der Waals surface area contributed by atoms with E-state index < -0.39 is 0 Å². The summed E-state index contributed by atoms with van der Waals surface area (Å²) in [6, 6.07) is 5.40. The SMILES string of the molecule is Cc1scc(-c2nnc(SCC(=O)Nc3nc(-c4ccc(Cl)cc4Cl)cs3)n2C(C)C)c1C. The second-order valence-corrected chi connectivity index (χ2v) is 11.3. The van der Waals surface area contributed by atoms with Gasteiger partial charge in [0.2, 0.25) is 5.91 Å². The van der Waals surface area contributed by atoms with Crippen molar-refractivity contribution in [1.29, 1.82) is 0 Å². The van der Waals surface area contributed by atoms with Crippen molar-refractivity contribution < 1.29 is 4.79 Å². The first-order valence-corrected chi connectivity index (χ1v) is 13.6. The molecule has 0 fully saturated rings. The van der Waals surface area contributed by atoms with Crippen LogP contribution in [-0.4, -0.2) is 31.4 Å². The molecule has 11 heteroatoms. The quantitative estimate of drug-likeness (QED) is 0.249. The molecule has 4 aromatic rings. The number of thiazole rings is 1. The Balaban J connectivity index is 1.45. The van der Waals surface area contributed by atoms with Gasteiger partial charge < -0.3 is 5.32 Å². The molecule has 1 N–H and O–H groups in total. The molecule has 0 atom stereocenters. The van der Waals surface area contributed by atoms with E-state index >= 15 is 0 Å². The summed E-state index contributed by atoms with van der Waals surface area (Å²) in [6.07, 6.45) is 0. The van der Waals surface area contributed by atoms with Gasteiger partial charge in [-0.1, -0.05) is 35.0 Å². The average molecular weight is 539 g/mol. The fourth-order valence-corrected chi connectivity index (χ4v) is 6.16. The van der Waals surface area contributed by atoms with Crippen LogP contribution in [0.3, 0.4) is 0 Å². The minimum atomic E-state index is -0.162. The van der Waals surface area contributed by atoms with Gasteiger partial charge in [0.05, 0.1) is 16.5 Å². The van der Waals surface area contributed by atoms with Gasteiger partial charge in [0.1, 0.15) is 0 Å². The molecule has 0 aliphatic carbocycles. The third-order valence-electron chi connectivity index (χ3n) is 5.00. The van der Waals surface area contributed by atoms with Crippen molar-refractivity contribution in [3.8, 4) is 22.6 Å². The van der Waals surface area contributed by atoms with E-state index in [9.17, 15) is 4.79 Å². The molecule has 0 unspecified atom stereocenters. The number of hydrogen-bond acceptors (Lipinski definition) is 7. The zero-order valence-electron chi connectivity index (χ0n) is 18.3. The second kappa shape index (κ2) is 10.1. The number of halogens is 2. The Morgan fingerprint density at radius 1 is 1.15 bits per heavy atom. The summed E-state index contributed by atoms with van der Waals surface area (Å²) in [4.78, 5) is 18.3. The molecule has 1 aromatic carbocycles. The van der Waals surface area contributed by atoms with Crippen LogP contribution in [0.15, 0.2) is 34.1 Å². The van der Waals surface area contributed by atoms with Gasteiger partial charge >= 0.3 is 0 Å². The van der Waals surface area contributed by atoms with Crippen LogP contribution in [0.4, 0.5) is 5.13 Å². The molecule has 4 rings (SSSR count). The Kier molecular flexibility index (Phi) is 7.45. The van der Waals surface area contributed by atoms with Gasteiger partial charge in [0, 0.05) is 37.8 Å². The van der Waals surface area contributed by atoms with Gasteiger partial charge in [-0.2, -0.15) is 0 Å². The summed E-state index contributed by atoms with van der Waals surface area (Å²) >= 11 is 16.6. The van der Waals surface area contributed by atoms with Crippen LogP contribution < -0.4 is 5.32 Å². The van der Waals surface area contributed by atoms with Crippen LogP contribution in [0.5, 0.6) is 0 Å². The van der Waals surface area contributed by atoms with Crippen LogP contribution in [0.1, 0.15) is 30.3 Å². The summed E-state index contributed by atoms with van der Waals surface area (Å²) in [7, 11) is 0. The predicted molar refractivity (Wildman–Crippen MR) is 140 cm³/mol. The van der Waals surface area contributed by atoms with E-state index in [1.165, 1.54) is 33.5 Å². The molecule has 1 amide bonds. The molecule has 33 heavy (non-hydrogen) atoms. The van der Waals surface area contributed by atoms with Crippen molar-refractivity contribution in [2.75, 3.05) is 11.1 Å². The lowest BCUT2D eigenvalue weighted by Gasteiger charge is -2.13. The Labute approximate surface area is 214 Å². The van der Waals surface area contributed by atoms with E-state index in [-0.39, 0.29) is 17.7 Å². The first-order valence-electron chi connectivity index (χ1n) is 10.1. The van der Waals surface area contributed by atoms with E-state index in [1.54, 1.807) is 23.5 Å². The second-order valence-electron chi connectivity index (χ2n) is 7.60. The fraction of sp³-hybridized carbons (Fsp3) is 0.273. The number of aromatic nitrogens is 4. The number of benzene rings is 1. The highest BCUT2D eigenvalue weighted by Gasteiger charge is 2.20. The Morgan fingerprint density at radius 3 is 2.61 bits per heavy atom. The third kappa shape index (κ3) is 5.27. The number of anilines is 1. The standard InChI is InChI=1S/C22H21Cl2N5OS3/c1-11(2)29-20(16-8-31-13(4)12(16)3)27-28-22(29)33-10-19(30)26-21-25-18(9-32-21)15-6-5-14(23)7-17(15)24/h5-9,11H,10H2,1-4H3,(H,25,26,30). The van der Waals surface area contributed by atoms with Gasteiger partial charge in [0.15, 0.2) is 16.1 Å². The van der Waals surface area contributed by atoms with Crippen molar-refractivity contribution in [3.05, 3.63) is 49.4 Å². The minimum absolute atomic E-state index is 0.158. The average Bonchev–Trinajstić information content (AvgIpc) is 3.46. The molecule has 0 saturated heterocycles. The lowest BCUT2D eigenvalue weighted by molar-refractivity contribution is -0.113. The maximum absolute atomic E-state index is 12.6. The highest BCUT2D eigenvalue weighted by atomic mass is 35.5. The van der Waals surface area contributed by atoms with Crippen LogP contribution in [0.25, 0.3) is 22.6 Å². The van der Waals surface area contributed by atoms with Gasteiger partial charge in [-0.25, -0.2) is 4.98 Å². The van der Waals surface area contributed by atoms with Crippen molar-refractivity contribution >= 4 is 68.7 Å². The lowest BCUT2D eigenvalue weighted by atomic mass is 10.1. The normalized spacial score (nSPS) is 11.4. The number of aryl methyl sites for hydroxylation is 1. The number of carbonyl (C=O) groups excluding carboxylic acids is 1. The first-order chi connectivity index (χ1) is 15.7. The lowest BCUT2D eigenvalue weighted by Crippen LogP contribution is -2.15. The van der Waals surface area contributed by atoms with Gasteiger partial charge in [-0.15, -0.1) is 32.9 Å². The number of thioether (sulfide) groups is 1. The summed E-state index contributed by atoms with van der Waals surface area (Å²) in [6.45, 7) is 8.37. The molecule has 0 saturated carbocycles. The third-order valence-corrected chi connectivity index (χ3v) is 8.26. The monoisotopic (exact) mass is 537 g/mol. The summed E-state index contributed by atoms with van der Waals surface area (Å²) in [5, 5.41) is 17.9. The Bertz CT molecular complexity index is 1310. The van der Waals surface area contributed by atoms with Crippen LogP contribution in [0, 0.1) is 13.8 Å². The van der Waals surface area contributed by atoms with Gasteiger partial charge in [-0.05, 0) is 51.5 Å². The van der Waals surface area contributed by atoms with Crippen LogP contribution >= 0.6 is 57.6 Å². The zero-order chi connectivity index (χ0) is 23.7. The van der Waals surface area contributed by atoms with E-state index in [0.717, 1.165) is 17.0 Å². The molecular weight excluding hydrogens is 517 g/mol. The van der Waals surface area contributed by atoms with Crippen molar-refractivity contribution in [1.82, 2.24) is 19.7 Å². The zero-order valence-corrected chi connectivity index (χ0v) is 22.3. The van der Waals surface area contributed by atoms with Crippen LogP contribution in [0.2, 0.25) is 10.0 Å². The number of hydrogen-bond donors (Lipinski definition) is 1. The molecule has 3 aromatic heterocycles. The van der Waals surface area contributed by atoms with Crippen molar-refractivity contribution in [2.24, 2.45) is 0 Å². The maximum atomic E-state index is 12.6. The largest absolute Gasteiger partial charge is 0.301 e. The number of rotatable bonds is 7. The smallest absolute Gasteiger partial charge is 0.236 e. The summed E-state index contributed by atoms with van der Waals surface area (Å²) < 4.78 is 2.08. The van der Waals surface area contributed by atoms with Crippen molar-refractivity contribution in [2.45, 2.75) is 38.9 Å². The molecule has 0 spiro atoms. The highest BCUT2D eigenvalue weighted by molar-refractivity contribution is 7.99. The molecule has 6 nitrogen and oxygen atoms in total. The molecule has 0 radical (unpaired) electrons. The molecular formula is C22H21Cl2N5OS3. The molecule has 0 aliphatic heterocycles. The summed E-state index contributed by atoms with van der Waals surface area (Å²) in [5.74, 6) is 0.869. The number of nitrogens with one attached hydrogen (secondary N) is 1. The summed E-state index contributed by atoms with van der Waals surface area (Å²) in [5.41, 5.74) is 3.76. The van der Waals surface area contributed by atoms with E-state index in [0.29, 0.717) is 26.0 Å². The topological polar surface area (TPSA) is 72.7 Å². The number of thiophene rings is 1. The molecule has 3 heterocycles. The highest BCUT2D eigenvalue weighted by Crippen LogP contribution is 2.34. The van der Waals surface area contributed by atoms with Gasteiger partial charge in [-0.3, -0.25) is 9.36 Å². The first kappa shape index (κ1) is 24.2. The number of amides is 1. The maximum Gasteiger partial charge on any atom is 0.236 e. The van der Waals surface area contributed by atoms with Crippen LogP contribution in [-0.2, 0) is 4.79 Å². The van der Waals surface area contributed by atoms with E-state index in [2.05, 4.69) is 58.1 Å². The number of nitrogens with zero attached hydrogens (tertiary/aromatic N) is 4. The molecule has 172 valence electrons. The van der Waals surface area contributed by atoms with Gasteiger partial charge in [0.25, 0.3) is 0 Å².